The van der Waals surface area contributed by atoms with Crippen molar-refractivity contribution >= 4 is 22.8 Å². The Bertz CT molecular complexity index is 1090. The molecule has 0 saturated heterocycles. The summed E-state index contributed by atoms with van der Waals surface area (Å²) < 4.78 is 77.5. The van der Waals surface area contributed by atoms with Crippen molar-refractivity contribution < 1.29 is 26.3 Å². The highest BCUT2D eigenvalue weighted by Gasteiger charge is 2.30. The van der Waals surface area contributed by atoms with Gasteiger partial charge in [0.2, 0.25) is 0 Å². The van der Waals surface area contributed by atoms with Crippen molar-refractivity contribution in [3.63, 3.8) is 0 Å². The fraction of sp³-hybridized carbons (Fsp3) is 0.389. The van der Waals surface area contributed by atoms with Gasteiger partial charge in [-0.1, -0.05) is 11.6 Å². The van der Waals surface area contributed by atoms with Gasteiger partial charge >= 0.3 is 12.4 Å². The predicted octanol–water partition coefficient (Wildman–Crippen LogP) is 5.07. The molecule has 0 amide bonds. The van der Waals surface area contributed by atoms with E-state index < -0.39 is 30.9 Å². The van der Waals surface area contributed by atoms with Crippen LogP contribution in [0.4, 0.5) is 26.3 Å². The van der Waals surface area contributed by atoms with Crippen molar-refractivity contribution in [1.29, 1.82) is 0 Å². The molecular formula is C18H15ClF6N4O. The zero-order chi connectivity index (χ0) is 22.1. The van der Waals surface area contributed by atoms with Crippen molar-refractivity contribution in [1.82, 2.24) is 19.1 Å². The van der Waals surface area contributed by atoms with Crippen LogP contribution in [0.1, 0.15) is 25.1 Å². The molecule has 0 spiro atoms. The highest BCUT2D eigenvalue weighted by atomic mass is 35.5. The fourth-order valence-corrected chi connectivity index (χ4v) is 3.11. The molecule has 0 unspecified atom stereocenters. The summed E-state index contributed by atoms with van der Waals surface area (Å²) in [6.45, 7) is -1.39. The molecule has 3 aromatic rings. The van der Waals surface area contributed by atoms with E-state index >= 15 is 0 Å². The minimum absolute atomic E-state index is 0.0401. The number of fused-ring (bicyclic) bond motifs is 1. The lowest BCUT2D eigenvalue weighted by Crippen LogP contribution is -2.25. The van der Waals surface area contributed by atoms with E-state index in [9.17, 15) is 31.1 Å². The average molecular weight is 453 g/mol. The molecule has 0 atom stereocenters. The number of aromatic nitrogens is 4. The van der Waals surface area contributed by atoms with Gasteiger partial charge in [0.25, 0.3) is 5.56 Å². The summed E-state index contributed by atoms with van der Waals surface area (Å²) in [5.74, 6) is 0.0425. The molecule has 0 radical (unpaired) electrons. The van der Waals surface area contributed by atoms with Crippen LogP contribution in [0.2, 0.25) is 5.02 Å². The van der Waals surface area contributed by atoms with Crippen molar-refractivity contribution in [3.05, 3.63) is 51.8 Å². The van der Waals surface area contributed by atoms with Crippen molar-refractivity contribution in [2.24, 2.45) is 0 Å². The van der Waals surface area contributed by atoms with Crippen LogP contribution < -0.4 is 5.56 Å². The monoisotopic (exact) mass is 452 g/mol. The van der Waals surface area contributed by atoms with Crippen LogP contribution in [-0.4, -0.2) is 31.5 Å². The molecule has 0 N–H and O–H groups in total. The number of unbranched alkanes of at least 4 members (excludes halogenated alkanes) is 1. The molecule has 3 rings (SSSR count). The summed E-state index contributed by atoms with van der Waals surface area (Å²) in [7, 11) is 0. The van der Waals surface area contributed by atoms with Crippen LogP contribution in [0.25, 0.3) is 16.9 Å². The third kappa shape index (κ3) is 5.32. The van der Waals surface area contributed by atoms with Crippen molar-refractivity contribution in [2.75, 3.05) is 0 Å². The van der Waals surface area contributed by atoms with Crippen LogP contribution in [0.15, 0.2) is 35.4 Å². The number of alkyl halides is 6. The van der Waals surface area contributed by atoms with Crippen LogP contribution in [-0.2, 0) is 13.0 Å². The lowest BCUT2D eigenvalue weighted by molar-refractivity contribution is -0.140. The van der Waals surface area contributed by atoms with Crippen LogP contribution in [0.5, 0.6) is 0 Å². The summed E-state index contributed by atoms with van der Waals surface area (Å²) in [5, 5.41) is 0.391. The van der Waals surface area contributed by atoms with E-state index in [0.717, 1.165) is 10.9 Å². The molecule has 2 heterocycles. The van der Waals surface area contributed by atoms with Gasteiger partial charge in [0.05, 0.1) is 12.0 Å². The van der Waals surface area contributed by atoms with Gasteiger partial charge < -0.3 is 4.57 Å². The maximum atomic E-state index is 13.0. The average Bonchev–Trinajstić information content (AvgIpc) is 3.00. The van der Waals surface area contributed by atoms with Gasteiger partial charge in [0, 0.05) is 17.9 Å². The molecule has 0 bridgehead atoms. The standard InChI is InChI=1S/C18H15ClF6N4O/c19-11-4-6-12(7-5-11)29-13(3-1-2-8-17(20,21)22)27-15-14(16(29)30)26-10-28(15)9-18(23,24)25/h4-7,10H,1-3,8-9H2. The number of halogens is 7. The van der Waals surface area contributed by atoms with E-state index in [-0.39, 0.29) is 36.3 Å². The Labute approximate surface area is 170 Å². The predicted molar refractivity (Wildman–Crippen MR) is 97.8 cm³/mol. The highest BCUT2D eigenvalue weighted by molar-refractivity contribution is 6.30. The molecule has 0 aliphatic carbocycles. The number of rotatable bonds is 6. The van der Waals surface area contributed by atoms with E-state index in [4.69, 9.17) is 11.6 Å². The van der Waals surface area contributed by atoms with Crippen LogP contribution in [0.3, 0.4) is 0 Å². The van der Waals surface area contributed by atoms with Gasteiger partial charge in [-0.2, -0.15) is 26.3 Å². The number of hydrogen-bond acceptors (Lipinski definition) is 3. The second-order valence-electron chi connectivity index (χ2n) is 6.63. The molecule has 2 aromatic heterocycles. The Balaban J connectivity index is 2.06. The Morgan fingerprint density at radius 1 is 0.967 bits per heavy atom. The topological polar surface area (TPSA) is 52.7 Å². The number of nitrogens with zero attached hydrogens (tertiary/aromatic N) is 4. The van der Waals surface area contributed by atoms with E-state index in [1.807, 2.05) is 0 Å². The SMILES string of the molecule is O=c1c2ncn(CC(F)(F)F)c2nc(CCCCC(F)(F)F)n1-c1ccc(Cl)cc1. The molecule has 0 fully saturated rings. The first-order chi connectivity index (χ1) is 13.9. The summed E-state index contributed by atoms with van der Waals surface area (Å²) in [4.78, 5) is 20.9. The Morgan fingerprint density at radius 2 is 1.63 bits per heavy atom. The minimum Gasteiger partial charge on any atom is -0.306 e. The number of imidazole rings is 1. The maximum Gasteiger partial charge on any atom is 0.406 e. The summed E-state index contributed by atoms with van der Waals surface area (Å²) in [5.41, 5.74) is -0.925. The lowest BCUT2D eigenvalue weighted by Gasteiger charge is -2.14. The zero-order valence-corrected chi connectivity index (χ0v) is 16.0. The second-order valence-corrected chi connectivity index (χ2v) is 7.06. The molecule has 30 heavy (non-hydrogen) atoms. The van der Waals surface area contributed by atoms with Gasteiger partial charge in [0.15, 0.2) is 11.2 Å². The van der Waals surface area contributed by atoms with Crippen LogP contribution >= 0.6 is 11.6 Å². The van der Waals surface area contributed by atoms with E-state index in [1.54, 1.807) is 0 Å². The largest absolute Gasteiger partial charge is 0.406 e. The van der Waals surface area contributed by atoms with Crippen molar-refractivity contribution in [2.45, 2.75) is 44.6 Å². The molecule has 12 heteroatoms. The number of hydrogen-bond donors (Lipinski definition) is 0. The van der Waals surface area contributed by atoms with Gasteiger partial charge in [-0.3, -0.25) is 9.36 Å². The number of benzene rings is 1. The van der Waals surface area contributed by atoms with Crippen molar-refractivity contribution in [3.8, 4) is 5.69 Å². The first-order valence-electron chi connectivity index (χ1n) is 8.81. The summed E-state index contributed by atoms with van der Waals surface area (Å²) in [6, 6.07) is 6.01. The van der Waals surface area contributed by atoms with Gasteiger partial charge in [0.1, 0.15) is 12.4 Å². The van der Waals surface area contributed by atoms with Gasteiger partial charge in [-0.05, 0) is 37.1 Å². The van der Waals surface area contributed by atoms with Gasteiger partial charge in [-0.25, -0.2) is 9.97 Å². The second kappa shape index (κ2) is 8.29. The number of aryl methyl sites for hydroxylation is 1. The first kappa shape index (κ1) is 22.1. The molecule has 162 valence electrons. The third-order valence-electron chi connectivity index (χ3n) is 4.25. The van der Waals surface area contributed by atoms with Crippen LogP contribution in [0, 0.1) is 0 Å². The first-order valence-corrected chi connectivity index (χ1v) is 9.18. The van der Waals surface area contributed by atoms with E-state index in [2.05, 4.69) is 9.97 Å². The maximum absolute atomic E-state index is 13.0. The highest BCUT2D eigenvalue weighted by Crippen LogP contribution is 2.24. The molecule has 1 aromatic carbocycles. The summed E-state index contributed by atoms with van der Waals surface area (Å²) >= 11 is 5.85. The van der Waals surface area contributed by atoms with Gasteiger partial charge in [-0.15, -0.1) is 0 Å². The smallest absolute Gasteiger partial charge is 0.306 e. The Kier molecular flexibility index (Phi) is 6.11. The zero-order valence-electron chi connectivity index (χ0n) is 15.3. The van der Waals surface area contributed by atoms with E-state index in [0.29, 0.717) is 15.3 Å². The Morgan fingerprint density at radius 3 is 2.23 bits per heavy atom. The lowest BCUT2D eigenvalue weighted by atomic mass is 10.1. The molecular weight excluding hydrogens is 438 g/mol. The molecule has 0 saturated carbocycles. The normalized spacial score (nSPS) is 12.6. The Hall–Kier alpha value is -2.56. The molecule has 0 aliphatic heterocycles. The molecule has 0 aliphatic rings. The molecule has 5 nitrogen and oxygen atoms in total. The third-order valence-corrected chi connectivity index (χ3v) is 4.51. The summed E-state index contributed by atoms with van der Waals surface area (Å²) in [6.07, 6.45) is -9.23. The quantitative estimate of drug-likeness (QED) is 0.387. The van der Waals surface area contributed by atoms with E-state index in [1.165, 1.54) is 24.3 Å². The fourth-order valence-electron chi connectivity index (χ4n) is 2.98. The minimum atomic E-state index is -4.56.